The summed E-state index contributed by atoms with van der Waals surface area (Å²) in [5, 5.41) is 1.06. The van der Waals surface area contributed by atoms with Crippen LogP contribution >= 0.6 is 0 Å². The molecule has 1 atom stereocenters. The van der Waals surface area contributed by atoms with Crippen molar-refractivity contribution in [3.05, 3.63) is 53.6 Å². The Kier molecular flexibility index (Phi) is 6.35. The molecule has 0 saturated carbocycles. The number of aromatic nitrogens is 3. The number of amides is 2. The van der Waals surface area contributed by atoms with E-state index in [9.17, 15) is 9.59 Å². The summed E-state index contributed by atoms with van der Waals surface area (Å²) >= 11 is 0. The predicted octanol–water partition coefficient (Wildman–Crippen LogP) is 2.95. The van der Waals surface area contributed by atoms with E-state index in [0.29, 0.717) is 31.8 Å². The number of hydrogen-bond donors (Lipinski definition) is 1. The summed E-state index contributed by atoms with van der Waals surface area (Å²) < 4.78 is 0. The van der Waals surface area contributed by atoms with Crippen molar-refractivity contribution in [3.63, 3.8) is 0 Å². The van der Waals surface area contributed by atoms with Gasteiger partial charge in [-0.1, -0.05) is 18.2 Å². The summed E-state index contributed by atoms with van der Waals surface area (Å²) in [5.74, 6) is 1.56. The molecule has 3 heterocycles. The highest BCUT2D eigenvalue weighted by molar-refractivity contribution is 5.88. The Morgan fingerprint density at radius 3 is 2.67 bits per heavy atom. The number of carbonyl (C=O) groups excluding carboxylic acids is 2. The van der Waals surface area contributed by atoms with E-state index in [1.165, 1.54) is 0 Å². The van der Waals surface area contributed by atoms with Crippen molar-refractivity contribution >= 4 is 28.5 Å². The molecule has 0 radical (unpaired) electrons. The van der Waals surface area contributed by atoms with E-state index < -0.39 is 0 Å². The molecule has 0 aliphatic carbocycles. The topological polar surface area (TPSA) is 85.4 Å². The number of hydrogen-bond acceptors (Lipinski definition) is 5. The zero-order chi connectivity index (χ0) is 23.7. The first-order chi connectivity index (χ1) is 15.7. The predicted molar refractivity (Wildman–Crippen MR) is 129 cm³/mol. The van der Waals surface area contributed by atoms with Crippen molar-refractivity contribution in [3.8, 4) is 0 Å². The van der Waals surface area contributed by atoms with E-state index in [0.717, 1.165) is 28.0 Å². The highest BCUT2D eigenvalue weighted by atomic mass is 16.2. The molecule has 1 fully saturated rings. The van der Waals surface area contributed by atoms with Gasteiger partial charge in [0.15, 0.2) is 0 Å². The number of nitrogens with zero attached hydrogens (tertiary/aromatic N) is 5. The molecule has 1 aliphatic heterocycles. The Hall–Kier alpha value is -3.42. The van der Waals surface area contributed by atoms with Crippen molar-refractivity contribution in [2.75, 3.05) is 32.6 Å². The number of likely N-dealkylation sites (N-methyl/N-ethyl adjacent to an activating group) is 1. The van der Waals surface area contributed by atoms with Gasteiger partial charge in [-0.25, -0.2) is 9.97 Å². The Balaban J connectivity index is 1.52. The number of para-hydroxylation sites is 1. The van der Waals surface area contributed by atoms with E-state index >= 15 is 0 Å². The zero-order valence-corrected chi connectivity index (χ0v) is 20.0. The lowest BCUT2D eigenvalue weighted by atomic mass is 10.0. The van der Waals surface area contributed by atoms with Crippen LogP contribution < -0.4 is 4.90 Å². The molecule has 1 aliphatic rings. The van der Waals surface area contributed by atoms with Crippen molar-refractivity contribution in [2.45, 2.75) is 45.2 Å². The normalized spacial score (nSPS) is 16.1. The van der Waals surface area contributed by atoms with Crippen molar-refractivity contribution in [1.82, 2.24) is 24.8 Å². The molecular formula is C25H32N6O2. The van der Waals surface area contributed by atoms with E-state index in [2.05, 4.69) is 9.97 Å². The molecule has 2 amide bonds. The summed E-state index contributed by atoms with van der Waals surface area (Å²) in [6, 6.07) is 10.1. The van der Waals surface area contributed by atoms with E-state index in [-0.39, 0.29) is 23.8 Å². The van der Waals surface area contributed by atoms with Gasteiger partial charge in [-0.2, -0.15) is 0 Å². The molecule has 0 unspecified atom stereocenters. The summed E-state index contributed by atoms with van der Waals surface area (Å²) in [6.07, 6.45) is 2.66. The van der Waals surface area contributed by atoms with Crippen molar-refractivity contribution in [2.24, 2.45) is 0 Å². The van der Waals surface area contributed by atoms with Gasteiger partial charge in [-0.05, 0) is 25.5 Å². The highest BCUT2D eigenvalue weighted by Crippen LogP contribution is 2.30. The summed E-state index contributed by atoms with van der Waals surface area (Å²) in [7, 11) is 5.64. The first-order valence-corrected chi connectivity index (χ1v) is 11.4. The molecule has 33 heavy (non-hydrogen) atoms. The molecular weight excluding hydrogens is 416 g/mol. The minimum Gasteiger partial charge on any atom is -0.363 e. The SMILES string of the molecule is CC(C)N1C[C@@H](c2cc(N(C)C)nc(CN(C)C(=O)Cc3c[nH]c4ccccc34)n2)CC1=O. The average Bonchev–Trinajstić information content (AvgIpc) is 3.37. The van der Waals surface area contributed by atoms with Gasteiger partial charge in [0.25, 0.3) is 0 Å². The number of anilines is 1. The highest BCUT2D eigenvalue weighted by Gasteiger charge is 2.33. The van der Waals surface area contributed by atoms with Gasteiger partial charge < -0.3 is 19.7 Å². The number of fused-ring (bicyclic) bond motifs is 1. The Bertz CT molecular complexity index is 1170. The summed E-state index contributed by atoms with van der Waals surface area (Å²) in [5.41, 5.74) is 2.86. The third-order valence-corrected chi connectivity index (χ3v) is 6.26. The van der Waals surface area contributed by atoms with Gasteiger partial charge in [-0.15, -0.1) is 0 Å². The van der Waals surface area contributed by atoms with Crippen LogP contribution in [0.1, 0.15) is 43.3 Å². The molecule has 1 N–H and O–H groups in total. The van der Waals surface area contributed by atoms with Gasteiger partial charge in [0.05, 0.1) is 18.7 Å². The number of aromatic amines is 1. The van der Waals surface area contributed by atoms with Gasteiger partial charge in [-0.3, -0.25) is 9.59 Å². The first kappa shape index (κ1) is 22.8. The smallest absolute Gasteiger partial charge is 0.227 e. The lowest BCUT2D eigenvalue weighted by Gasteiger charge is -2.22. The van der Waals surface area contributed by atoms with Gasteiger partial charge in [0, 0.05) is 69.2 Å². The quantitative estimate of drug-likeness (QED) is 0.601. The van der Waals surface area contributed by atoms with Crippen LogP contribution in [0.3, 0.4) is 0 Å². The zero-order valence-electron chi connectivity index (χ0n) is 20.0. The Morgan fingerprint density at radius 2 is 1.97 bits per heavy atom. The van der Waals surface area contributed by atoms with Crippen LogP contribution in [-0.4, -0.2) is 70.3 Å². The molecule has 8 heteroatoms. The molecule has 8 nitrogen and oxygen atoms in total. The molecule has 2 aromatic heterocycles. The Labute approximate surface area is 194 Å². The molecule has 4 rings (SSSR count). The molecule has 3 aromatic rings. The molecule has 174 valence electrons. The number of rotatable bonds is 7. The van der Waals surface area contributed by atoms with Crippen LogP contribution in [-0.2, 0) is 22.6 Å². The van der Waals surface area contributed by atoms with E-state index in [1.54, 1.807) is 11.9 Å². The maximum absolute atomic E-state index is 13.0. The second kappa shape index (κ2) is 9.21. The van der Waals surface area contributed by atoms with Gasteiger partial charge >= 0.3 is 0 Å². The summed E-state index contributed by atoms with van der Waals surface area (Å²) in [6.45, 7) is 5.04. The van der Waals surface area contributed by atoms with Crippen molar-refractivity contribution < 1.29 is 9.59 Å². The molecule has 0 spiro atoms. The third-order valence-electron chi connectivity index (χ3n) is 6.26. The lowest BCUT2D eigenvalue weighted by molar-refractivity contribution is -0.130. The number of nitrogens with one attached hydrogen (secondary N) is 1. The fourth-order valence-corrected chi connectivity index (χ4v) is 4.32. The first-order valence-electron chi connectivity index (χ1n) is 11.4. The summed E-state index contributed by atoms with van der Waals surface area (Å²) in [4.78, 5) is 43.6. The maximum atomic E-state index is 13.0. The van der Waals surface area contributed by atoms with Crippen molar-refractivity contribution in [1.29, 1.82) is 0 Å². The second-order valence-electron chi connectivity index (χ2n) is 9.29. The number of H-pyrrole nitrogens is 1. The van der Waals surface area contributed by atoms with Crippen LogP contribution in [0.5, 0.6) is 0 Å². The fraction of sp³-hybridized carbons (Fsp3) is 0.440. The minimum absolute atomic E-state index is 0.00202. The number of carbonyl (C=O) groups is 2. The standard InChI is InChI=1S/C25H32N6O2/c1-16(2)31-14-18(11-25(31)33)21-12-23(29(3)4)28-22(27-21)15-30(5)24(32)10-17-13-26-20-9-7-6-8-19(17)20/h6-9,12-13,16,18,26H,10-11,14-15H2,1-5H3/t18-/m0/s1. The number of likely N-dealkylation sites (tertiary alicyclic amines) is 1. The second-order valence-corrected chi connectivity index (χ2v) is 9.29. The average molecular weight is 449 g/mol. The molecule has 0 bridgehead atoms. The lowest BCUT2D eigenvalue weighted by Crippen LogP contribution is -2.32. The largest absolute Gasteiger partial charge is 0.363 e. The van der Waals surface area contributed by atoms with Gasteiger partial charge in [0.2, 0.25) is 11.8 Å². The van der Waals surface area contributed by atoms with E-state index in [4.69, 9.17) is 4.98 Å². The third kappa shape index (κ3) is 4.84. The van der Waals surface area contributed by atoms with Crippen LogP contribution in [0.15, 0.2) is 36.5 Å². The van der Waals surface area contributed by atoms with Crippen LogP contribution in [0.2, 0.25) is 0 Å². The minimum atomic E-state index is 0.00202. The van der Waals surface area contributed by atoms with Crippen LogP contribution in [0, 0.1) is 0 Å². The van der Waals surface area contributed by atoms with Crippen LogP contribution in [0.4, 0.5) is 5.82 Å². The molecule has 1 saturated heterocycles. The Morgan fingerprint density at radius 1 is 1.21 bits per heavy atom. The van der Waals surface area contributed by atoms with Gasteiger partial charge in [0.1, 0.15) is 11.6 Å². The maximum Gasteiger partial charge on any atom is 0.227 e. The fourth-order valence-electron chi connectivity index (χ4n) is 4.32. The molecule has 1 aromatic carbocycles. The van der Waals surface area contributed by atoms with E-state index in [1.807, 2.05) is 74.3 Å². The monoisotopic (exact) mass is 448 g/mol. The number of benzene rings is 1. The van der Waals surface area contributed by atoms with Crippen LogP contribution in [0.25, 0.3) is 10.9 Å².